The number of halogens is 1. The molecule has 7 heteroatoms. The molecule has 0 saturated carbocycles. The topological polar surface area (TPSA) is 49.3 Å². The lowest BCUT2D eigenvalue weighted by molar-refractivity contribution is 0.0536. The fourth-order valence-electron chi connectivity index (χ4n) is 3.92. The summed E-state index contributed by atoms with van der Waals surface area (Å²) in [7, 11) is 1.71. The third-order valence-electron chi connectivity index (χ3n) is 5.56. The molecule has 1 saturated heterocycles. The van der Waals surface area contributed by atoms with Crippen LogP contribution in [0.5, 0.6) is 0 Å². The lowest BCUT2D eigenvalue weighted by atomic mass is 10.1. The van der Waals surface area contributed by atoms with Gasteiger partial charge in [0.1, 0.15) is 0 Å². The van der Waals surface area contributed by atoms with E-state index in [0.29, 0.717) is 25.2 Å². The van der Waals surface area contributed by atoms with E-state index in [2.05, 4.69) is 66.2 Å². The summed E-state index contributed by atoms with van der Waals surface area (Å²) in [5, 5.41) is 3.50. The van der Waals surface area contributed by atoms with Crippen molar-refractivity contribution in [3.8, 4) is 0 Å². The van der Waals surface area contributed by atoms with Crippen molar-refractivity contribution in [2.24, 2.45) is 10.9 Å². The smallest absolute Gasteiger partial charge is 0.193 e. The zero-order valence-electron chi connectivity index (χ0n) is 19.2. The van der Waals surface area contributed by atoms with Crippen molar-refractivity contribution in [1.29, 1.82) is 0 Å². The third-order valence-corrected chi connectivity index (χ3v) is 5.56. The van der Waals surface area contributed by atoms with Crippen LogP contribution < -0.4 is 5.32 Å². The van der Waals surface area contributed by atoms with E-state index in [0.717, 1.165) is 58.3 Å². The number of hydrogen-bond donors (Lipinski definition) is 1. The van der Waals surface area contributed by atoms with Crippen molar-refractivity contribution in [3.05, 3.63) is 35.9 Å². The number of benzene rings is 1. The molecule has 1 N–H and O–H groups in total. The Kier molecular flexibility index (Phi) is 14.3. The van der Waals surface area contributed by atoms with Crippen molar-refractivity contribution in [2.45, 2.75) is 33.2 Å². The molecule has 0 bridgehead atoms. The number of guanidine groups is 1. The maximum atomic E-state index is 5.74. The molecule has 1 aromatic rings. The van der Waals surface area contributed by atoms with Crippen LogP contribution in [0.25, 0.3) is 0 Å². The molecule has 1 fully saturated rings. The minimum Gasteiger partial charge on any atom is -0.382 e. The molecule has 1 heterocycles. The lowest BCUT2D eigenvalue weighted by Crippen LogP contribution is -2.41. The molecule has 172 valence electrons. The fourth-order valence-corrected chi connectivity index (χ4v) is 3.92. The maximum Gasteiger partial charge on any atom is 0.193 e. The van der Waals surface area contributed by atoms with Crippen LogP contribution in [0, 0.1) is 5.92 Å². The summed E-state index contributed by atoms with van der Waals surface area (Å²) in [6, 6.07) is 11.1. The van der Waals surface area contributed by atoms with E-state index in [1.54, 1.807) is 7.11 Å². The Morgan fingerprint density at radius 3 is 2.57 bits per heavy atom. The van der Waals surface area contributed by atoms with Crippen LogP contribution in [0.15, 0.2) is 35.3 Å². The normalized spacial score (nSPS) is 17.8. The molecule has 30 heavy (non-hydrogen) atoms. The summed E-state index contributed by atoms with van der Waals surface area (Å²) in [5.41, 5.74) is 1.33. The monoisotopic (exact) mass is 532 g/mol. The molecule has 0 spiro atoms. The molecule has 2 unspecified atom stereocenters. The van der Waals surface area contributed by atoms with Crippen LogP contribution in [0.4, 0.5) is 0 Å². The van der Waals surface area contributed by atoms with Gasteiger partial charge in [-0.15, -0.1) is 24.0 Å². The van der Waals surface area contributed by atoms with Gasteiger partial charge in [-0.1, -0.05) is 44.2 Å². The van der Waals surface area contributed by atoms with Crippen LogP contribution in [-0.4, -0.2) is 82.0 Å². The predicted octanol–water partition coefficient (Wildman–Crippen LogP) is 3.64. The van der Waals surface area contributed by atoms with Crippen molar-refractivity contribution in [3.63, 3.8) is 0 Å². The first-order chi connectivity index (χ1) is 14.2. The van der Waals surface area contributed by atoms with Gasteiger partial charge in [0.2, 0.25) is 0 Å². The van der Waals surface area contributed by atoms with Gasteiger partial charge in [-0.05, 0) is 32.0 Å². The lowest BCUT2D eigenvalue weighted by Gasteiger charge is -2.30. The summed E-state index contributed by atoms with van der Waals surface area (Å²) in [6.45, 7) is 14.4. The van der Waals surface area contributed by atoms with E-state index >= 15 is 0 Å². The third kappa shape index (κ3) is 8.69. The molecule has 2 atom stereocenters. The average Bonchev–Trinajstić information content (AvgIpc) is 3.22. The number of methoxy groups -OCH3 is 1. The first kappa shape index (κ1) is 27.1. The van der Waals surface area contributed by atoms with Gasteiger partial charge in [-0.3, -0.25) is 9.89 Å². The van der Waals surface area contributed by atoms with Crippen molar-refractivity contribution >= 4 is 29.9 Å². The molecular weight excluding hydrogens is 491 g/mol. The van der Waals surface area contributed by atoms with Gasteiger partial charge in [0.05, 0.1) is 32.4 Å². The molecule has 6 nitrogen and oxygen atoms in total. The van der Waals surface area contributed by atoms with Gasteiger partial charge in [0.25, 0.3) is 0 Å². The summed E-state index contributed by atoms with van der Waals surface area (Å²) in [6.07, 6.45) is 1.15. The number of likely N-dealkylation sites (N-methyl/N-ethyl adjacent to an activating group) is 1. The van der Waals surface area contributed by atoms with Crippen LogP contribution in [-0.2, 0) is 9.47 Å². The highest BCUT2D eigenvalue weighted by Crippen LogP contribution is 2.22. The Labute approximate surface area is 200 Å². The fraction of sp³-hybridized carbons (Fsp3) is 0.696. The second-order valence-electron chi connectivity index (χ2n) is 7.51. The van der Waals surface area contributed by atoms with Crippen LogP contribution in [0.3, 0.4) is 0 Å². The highest BCUT2D eigenvalue weighted by molar-refractivity contribution is 14.0. The highest BCUT2D eigenvalue weighted by atomic mass is 127. The van der Waals surface area contributed by atoms with Crippen molar-refractivity contribution in [1.82, 2.24) is 15.1 Å². The van der Waals surface area contributed by atoms with Crippen LogP contribution in [0.1, 0.15) is 38.8 Å². The number of aliphatic imine (C=N–C) groups is 1. The Morgan fingerprint density at radius 1 is 1.20 bits per heavy atom. The molecule has 0 aromatic heterocycles. The minimum atomic E-state index is 0. The van der Waals surface area contributed by atoms with Crippen LogP contribution in [0.2, 0.25) is 0 Å². The number of rotatable bonds is 12. The second-order valence-corrected chi connectivity index (χ2v) is 7.51. The quantitative estimate of drug-likeness (QED) is 0.193. The molecule has 1 aliphatic heterocycles. The Balaban J connectivity index is 0.00000450. The second kappa shape index (κ2) is 15.8. The number of ether oxygens (including phenoxy) is 2. The van der Waals surface area contributed by atoms with Crippen molar-refractivity contribution < 1.29 is 9.47 Å². The van der Waals surface area contributed by atoms with E-state index in [1.807, 2.05) is 0 Å². The number of nitrogens with one attached hydrogen (secondary N) is 1. The van der Waals surface area contributed by atoms with Gasteiger partial charge in [0.15, 0.2) is 5.96 Å². The minimum absolute atomic E-state index is 0. The largest absolute Gasteiger partial charge is 0.382 e. The summed E-state index contributed by atoms with van der Waals surface area (Å²) in [5.74, 6) is 1.59. The number of hydrogen-bond acceptors (Lipinski definition) is 4. The van der Waals surface area contributed by atoms with Crippen molar-refractivity contribution in [2.75, 3.05) is 66.2 Å². The SMILES string of the molecule is CCNC(=NCC(c1ccccc1)N(CC)CC)N1CCC(COCCOC)C1.I. The summed E-state index contributed by atoms with van der Waals surface area (Å²) < 4.78 is 10.8. The molecule has 0 radical (unpaired) electrons. The van der Waals surface area contributed by atoms with Gasteiger partial charge >= 0.3 is 0 Å². The van der Waals surface area contributed by atoms with E-state index in [-0.39, 0.29) is 24.0 Å². The molecule has 1 aromatic carbocycles. The molecular formula is C23H41IN4O2. The zero-order valence-corrected chi connectivity index (χ0v) is 21.5. The molecule has 2 rings (SSSR count). The first-order valence-electron chi connectivity index (χ1n) is 11.1. The molecule has 0 amide bonds. The first-order valence-corrected chi connectivity index (χ1v) is 11.1. The zero-order chi connectivity index (χ0) is 20.9. The average molecular weight is 533 g/mol. The summed E-state index contributed by atoms with van der Waals surface area (Å²) >= 11 is 0. The van der Waals surface area contributed by atoms with Gasteiger partial charge in [-0.2, -0.15) is 0 Å². The molecule has 0 aliphatic carbocycles. The van der Waals surface area contributed by atoms with E-state index in [1.165, 1.54) is 5.56 Å². The Hall–Kier alpha value is -0.900. The number of likely N-dealkylation sites (tertiary alicyclic amines) is 1. The Bertz CT molecular complexity index is 584. The van der Waals surface area contributed by atoms with E-state index in [4.69, 9.17) is 14.5 Å². The van der Waals surface area contributed by atoms with E-state index in [9.17, 15) is 0 Å². The summed E-state index contributed by atoms with van der Waals surface area (Å²) in [4.78, 5) is 9.93. The Morgan fingerprint density at radius 2 is 1.93 bits per heavy atom. The standard InChI is InChI=1S/C23H40N4O2.HI/c1-5-24-23(27-14-13-20(18-27)19-29-16-15-28-4)25-17-22(26(6-2)7-3)21-11-9-8-10-12-21;/h8-12,20,22H,5-7,13-19H2,1-4H3,(H,24,25);1H. The van der Waals surface area contributed by atoms with Gasteiger partial charge < -0.3 is 19.7 Å². The van der Waals surface area contributed by atoms with E-state index < -0.39 is 0 Å². The maximum absolute atomic E-state index is 5.74. The van der Waals surface area contributed by atoms with Crippen LogP contribution >= 0.6 is 24.0 Å². The van der Waals surface area contributed by atoms with Gasteiger partial charge in [-0.25, -0.2) is 0 Å². The van der Waals surface area contributed by atoms with Gasteiger partial charge in [0, 0.05) is 32.7 Å². The molecule has 1 aliphatic rings. The number of nitrogens with zero attached hydrogens (tertiary/aromatic N) is 3. The predicted molar refractivity (Wildman–Crippen MR) is 136 cm³/mol. The highest BCUT2D eigenvalue weighted by Gasteiger charge is 2.25.